The quantitative estimate of drug-likeness (QED) is 0.745. The van der Waals surface area contributed by atoms with Gasteiger partial charge in [-0.25, -0.2) is 9.78 Å². The van der Waals surface area contributed by atoms with E-state index in [-0.39, 0.29) is 0 Å². The van der Waals surface area contributed by atoms with Gasteiger partial charge in [0.2, 0.25) is 0 Å². The molecule has 2 aromatic rings. The summed E-state index contributed by atoms with van der Waals surface area (Å²) in [6.45, 7) is -0.0219. The SMILES string of the molecule is O=C(O)CN(C(=O)NCCc1ncc[nH]1)c1ccccc1. The number of nitrogens with one attached hydrogen (secondary N) is 2. The van der Waals surface area contributed by atoms with Crippen LogP contribution in [0.15, 0.2) is 42.7 Å². The zero-order valence-corrected chi connectivity index (χ0v) is 11.3. The molecule has 21 heavy (non-hydrogen) atoms. The number of para-hydroxylation sites is 1. The van der Waals surface area contributed by atoms with E-state index in [9.17, 15) is 9.59 Å². The fourth-order valence-corrected chi connectivity index (χ4v) is 1.84. The van der Waals surface area contributed by atoms with Crippen LogP contribution in [0.1, 0.15) is 5.82 Å². The maximum absolute atomic E-state index is 12.1. The van der Waals surface area contributed by atoms with Crippen molar-refractivity contribution >= 4 is 17.7 Å². The summed E-state index contributed by atoms with van der Waals surface area (Å²) >= 11 is 0. The number of aliphatic carboxylic acids is 1. The summed E-state index contributed by atoms with van der Waals surface area (Å²) in [7, 11) is 0. The Bertz CT molecular complexity index is 584. The van der Waals surface area contributed by atoms with E-state index in [1.54, 1.807) is 42.7 Å². The van der Waals surface area contributed by atoms with Gasteiger partial charge >= 0.3 is 12.0 Å². The van der Waals surface area contributed by atoms with Crippen LogP contribution in [0.5, 0.6) is 0 Å². The smallest absolute Gasteiger partial charge is 0.323 e. The molecule has 0 atom stereocenters. The number of aromatic nitrogens is 2. The van der Waals surface area contributed by atoms with Gasteiger partial charge in [-0.2, -0.15) is 0 Å². The van der Waals surface area contributed by atoms with Crippen LogP contribution in [0.25, 0.3) is 0 Å². The van der Waals surface area contributed by atoms with Crippen molar-refractivity contribution in [2.45, 2.75) is 6.42 Å². The Morgan fingerprint density at radius 1 is 1.29 bits per heavy atom. The predicted molar refractivity (Wildman–Crippen MR) is 77.1 cm³/mol. The first-order valence-electron chi connectivity index (χ1n) is 6.47. The van der Waals surface area contributed by atoms with Gasteiger partial charge in [0, 0.05) is 31.0 Å². The minimum atomic E-state index is -1.07. The minimum absolute atomic E-state index is 0.370. The summed E-state index contributed by atoms with van der Waals surface area (Å²) in [6, 6.07) is 8.23. The van der Waals surface area contributed by atoms with Gasteiger partial charge in [0.15, 0.2) is 0 Å². The van der Waals surface area contributed by atoms with Crippen molar-refractivity contribution in [3.05, 3.63) is 48.5 Å². The largest absolute Gasteiger partial charge is 0.480 e. The number of benzene rings is 1. The maximum Gasteiger partial charge on any atom is 0.323 e. The van der Waals surface area contributed by atoms with Crippen molar-refractivity contribution in [1.29, 1.82) is 0 Å². The number of H-pyrrole nitrogens is 1. The number of hydrogen-bond donors (Lipinski definition) is 3. The third kappa shape index (κ3) is 4.34. The fraction of sp³-hybridized carbons (Fsp3) is 0.214. The van der Waals surface area contributed by atoms with Crippen LogP contribution in [0.2, 0.25) is 0 Å². The summed E-state index contributed by atoms with van der Waals surface area (Å²) in [5.74, 6) is -0.306. The number of urea groups is 1. The molecule has 0 saturated heterocycles. The average molecular weight is 288 g/mol. The second kappa shape index (κ2) is 7.09. The molecular formula is C14H16N4O3. The number of aromatic amines is 1. The lowest BCUT2D eigenvalue weighted by molar-refractivity contribution is -0.135. The molecule has 0 fully saturated rings. The number of carbonyl (C=O) groups is 2. The first-order chi connectivity index (χ1) is 10.2. The molecule has 110 valence electrons. The highest BCUT2D eigenvalue weighted by atomic mass is 16.4. The number of imidazole rings is 1. The second-order valence-corrected chi connectivity index (χ2v) is 4.33. The number of anilines is 1. The Labute approximate surface area is 121 Å². The zero-order chi connectivity index (χ0) is 15.1. The Kier molecular flexibility index (Phi) is 4.92. The van der Waals surface area contributed by atoms with Crippen molar-refractivity contribution in [2.24, 2.45) is 0 Å². The van der Waals surface area contributed by atoms with Crippen LogP contribution in [0, 0.1) is 0 Å². The Hall–Kier alpha value is -2.83. The molecule has 0 radical (unpaired) electrons. The van der Waals surface area contributed by atoms with Crippen molar-refractivity contribution < 1.29 is 14.7 Å². The van der Waals surface area contributed by atoms with E-state index in [1.807, 2.05) is 0 Å². The molecule has 0 aliphatic heterocycles. The van der Waals surface area contributed by atoms with E-state index in [0.717, 1.165) is 5.82 Å². The van der Waals surface area contributed by atoms with Gasteiger partial charge in [-0.15, -0.1) is 0 Å². The molecule has 3 N–H and O–H groups in total. The number of hydrogen-bond acceptors (Lipinski definition) is 3. The molecular weight excluding hydrogens is 272 g/mol. The number of carbonyl (C=O) groups excluding carboxylic acids is 1. The molecule has 2 amide bonds. The van der Waals surface area contributed by atoms with E-state index in [0.29, 0.717) is 18.7 Å². The third-order valence-electron chi connectivity index (χ3n) is 2.80. The summed E-state index contributed by atoms with van der Waals surface area (Å²) in [5.41, 5.74) is 0.537. The van der Waals surface area contributed by atoms with Gasteiger partial charge in [-0.05, 0) is 12.1 Å². The van der Waals surface area contributed by atoms with Crippen molar-refractivity contribution in [3.8, 4) is 0 Å². The molecule has 7 nitrogen and oxygen atoms in total. The van der Waals surface area contributed by atoms with Crippen LogP contribution < -0.4 is 10.2 Å². The van der Waals surface area contributed by atoms with Gasteiger partial charge in [0.1, 0.15) is 12.4 Å². The predicted octanol–water partition coefficient (Wildman–Crippen LogP) is 1.25. The molecule has 0 unspecified atom stereocenters. The highest BCUT2D eigenvalue weighted by molar-refractivity contribution is 5.96. The van der Waals surface area contributed by atoms with Crippen molar-refractivity contribution in [1.82, 2.24) is 15.3 Å². The number of amides is 2. The number of carboxylic acid groups (broad SMARTS) is 1. The van der Waals surface area contributed by atoms with Gasteiger partial charge < -0.3 is 15.4 Å². The molecule has 0 bridgehead atoms. The Morgan fingerprint density at radius 3 is 2.67 bits per heavy atom. The molecule has 0 spiro atoms. The minimum Gasteiger partial charge on any atom is -0.480 e. The molecule has 0 aliphatic carbocycles. The standard InChI is InChI=1S/C14H16N4O3/c19-13(20)10-18(11-4-2-1-3-5-11)14(21)17-7-6-12-15-8-9-16-12/h1-5,8-9H,6-7,10H2,(H,15,16)(H,17,21)(H,19,20). The lowest BCUT2D eigenvalue weighted by Gasteiger charge is -2.21. The molecule has 7 heteroatoms. The number of rotatable bonds is 6. The number of nitrogens with zero attached hydrogens (tertiary/aromatic N) is 2. The van der Waals surface area contributed by atoms with Gasteiger partial charge in [0.25, 0.3) is 0 Å². The highest BCUT2D eigenvalue weighted by Crippen LogP contribution is 2.12. The third-order valence-corrected chi connectivity index (χ3v) is 2.80. The van der Waals surface area contributed by atoms with Crippen molar-refractivity contribution in [3.63, 3.8) is 0 Å². The van der Waals surface area contributed by atoms with E-state index >= 15 is 0 Å². The average Bonchev–Trinajstić information content (AvgIpc) is 2.98. The lowest BCUT2D eigenvalue weighted by atomic mass is 10.3. The molecule has 2 rings (SSSR count). The normalized spacial score (nSPS) is 10.1. The van der Waals surface area contributed by atoms with E-state index in [1.165, 1.54) is 4.90 Å². The zero-order valence-electron chi connectivity index (χ0n) is 11.3. The first kappa shape index (κ1) is 14.6. The Morgan fingerprint density at radius 2 is 2.05 bits per heavy atom. The molecule has 1 aromatic heterocycles. The van der Waals surface area contributed by atoms with Crippen LogP contribution >= 0.6 is 0 Å². The summed E-state index contributed by atoms with van der Waals surface area (Å²) < 4.78 is 0. The second-order valence-electron chi connectivity index (χ2n) is 4.33. The molecule has 0 aliphatic rings. The molecule has 1 heterocycles. The molecule has 1 aromatic carbocycles. The van der Waals surface area contributed by atoms with Crippen LogP contribution in [-0.4, -0.2) is 40.2 Å². The van der Waals surface area contributed by atoms with Crippen LogP contribution in [0.3, 0.4) is 0 Å². The number of carboxylic acids is 1. The lowest BCUT2D eigenvalue weighted by Crippen LogP contribution is -2.43. The summed E-state index contributed by atoms with van der Waals surface area (Å²) in [5, 5.41) is 11.6. The van der Waals surface area contributed by atoms with Gasteiger partial charge in [0.05, 0.1) is 0 Å². The van der Waals surface area contributed by atoms with Crippen LogP contribution in [0.4, 0.5) is 10.5 Å². The molecule has 0 saturated carbocycles. The maximum atomic E-state index is 12.1. The Balaban J connectivity index is 1.96. The monoisotopic (exact) mass is 288 g/mol. The highest BCUT2D eigenvalue weighted by Gasteiger charge is 2.18. The van der Waals surface area contributed by atoms with Crippen LogP contribution in [-0.2, 0) is 11.2 Å². The first-order valence-corrected chi connectivity index (χ1v) is 6.47. The van der Waals surface area contributed by atoms with Gasteiger partial charge in [-0.1, -0.05) is 18.2 Å². The van der Waals surface area contributed by atoms with E-state index in [2.05, 4.69) is 15.3 Å². The van der Waals surface area contributed by atoms with Gasteiger partial charge in [-0.3, -0.25) is 9.69 Å². The summed E-state index contributed by atoms with van der Waals surface area (Å²) in [4.78, 5) is 31.2. The van der Waals surface area contributed by atoms with Crippen molar-refractivity contribution in [2.75, 3.05) is 18.0 Å². The topological polar surface area (TPSA) is 98.3 Å². The van der Waals surface area contributed by atoms with E-state index in [4.69, 9.17) is 5.11 Å². The fourth-order valence-electron chi connectivity index (χ4n) is 1.84. The summed E-state index contributed by atoms with van der Waals surface area (Å²) in [6.07, 6.45) is 3.89. The van der Waals surface area contributed by atoms with E-state index < -0.39 is 18.5 Å².